The first-order valence-electron chi connectivity index (χ1n) is 7.52. The van der Waals surface area contributed by atoms with Gasteiger partial charge in [0.2, 0.25) is 12.7 Å². The number of fused-ring (bicyclic) bond motifs is 1. The number of carbonyl (C=O) groups is 2. The Bertz CT molecular complexity index is 729. The van der Waals surface area contributed by atoms with E-state index in [-0.39, 0.29) is 31.5 Å². The first kappa shape index (κ1) is 16.3. The first-order chi connectivity index (χ1) is 11.6. The quantitative estimate of drug-likeness (QED) is 0.804. The fourth-order valence-electron chi connectivity index (χ4n) is 2.56. The molecule has 1 atom stereocenters. The minimum atomic E-state index is -0.906. The van der Waals surface area contributed by atoms with E-state index in [0.29, 0.717) is 18.0 Å². The maximum atomic E-state index is 12.2. The topological polar surface area (TPSA) is 84.9 Å². The molecule has 0 radical (unpaired) electrons. The molecule has 0 saturated heterocycles. The van der Waals surface area contributed by atoms with Gasteiger partial charge in [0.05, 0.1) is 6.42 Å². The van der Waals surface area contributed by atoms with Gasteiger partial charge in [-0.05, 0) is 29.1 Å². The van der Waals surface area contributed by atoms with Crippen LogP contribution in [-0.4, -0.2) is 23.8 Å². The zero-order chi connectivity index (χ0) is 16.9. The van der Waals surface area contributed by atoms with Gasteiger partial charge in [-0.3, -0.25) is 9.59 Å². The monoisotopic (exact) mass is 347 g/mol. The largest absolute Gasteiger partial charge is 0.481 e. The SMILES string of the molecule is O=C(O)CC(CC(=O)NCc1ccc2c(c1)OCO2)c1cccs1. The van der Waals surface area contributed by atoms with E-state index in [0.717, 1.165) is 10.4 Å². The van der Waals surface area contributed by atoms with Crippen molar-refractivity contribution in [3.05, 3.63) is 46.2 Å². The van der Waals surface area contributed by atoms with Crippen LogP contribution in [0.4, 0.5) is 0 Å². The lowest BCUT2D eigenvalue weighted by Gasteiger charge is -2.13. The number of nitrogens with one attached hydrogen (secondary N) is 1. The highest BCUT2D eigenvalue weighted by Crippen LogP contribution is 2.32. The maximum Gasteiger partial charge on any atom is 0.304 e. The van der Waals surface area contributed by atoms with Crippen LogP contribution in [0.1, 0.15) is 29.2 Å². The Kier molecular flexibility index (Phi) is 5.00. The lowest BCUT2D eigenvalue weighted by atomic mass is 9.99. The van der Waals surface area contributed by atoms with Crippen molar-refractivity contribution >= 4 is 23.2 Å². The molecule has 6 nitrogen and oxygen atoms in total. The molecule has 1 aliphatic heterocycles. The summed E-state index contributed by atoms with van der Waals surface area (Å²) in [4.78, 5) is 24.1. The van der Waals surface area contributed by atoms with Crippen LogP contribution in [0.3, 0.4) is 0 Å². The third-order valence-electron chi connectivity index (χ3n) is 3.73. The van der Waals surface area contributed by atoms with Crippen molar-refractivity contribution in [2.24, 2.45) is 0 Å². The number of amides is 1. The number of rotatable bonds is 7. The Morgan fingerprint density at radius 1 is 1.21 bits per heavy atom. The minimum absolute atomic E-state index is 0.0576. The zero-order valence-electron chi connectivity index (χ0n) is 12.9. The third kappa shape index (κ3) is 4.05. The highest BCUT2D eigenvalue weighted by Gasteiger charge is 2.20. The van der Waals surface area contributed by atoms with Gasteiger partial charge in [0.1, 0.15) is 0 Å². The van der Waals surface area contributed by atoms with E-state index in [1.54, 1.807) is 0 Å². The van der Waals surface area contributed by atoms with Crippen LogP contribution in [0.15, 0.2) is 35.7 Å². The molecule has 1 unspecified atom stereocenters. The Morgan fingerprint density at radius 3 is 2.79 bits per heavy atom. The van der Waals surface area contributed by atoms with Crippen molar-refractivity contribution in [2.75, 3.05) is 6.79 Å². The molecule has 1 aromatic heterocycles. The maximum absolute atomic E-state index is 12.2. The summed E-state index contributed by atoms with van der Waals surface area (Å²) in [5.74, 6) is -0.0167. The zero-order valence-corrected chi connectivity index (χ0v) is 13.7. The Morgan fingerprint density at radius 2 is 2.04 bits per heavy atom. The van der Waals surface area contributed by atoms with Gasteiger partial charge in [-0.1, -0.05) is 12.1 Å². The normalized spacial score (nSPS) is 13.5. The molecule has 0 bridgehead atoms. The van der Waals surface area contributed by atoms with E-state index in [1.807, 2.05) is 35.7 Å². The van der Waals surface area contributed by atoms with E-state index in [2.05, 4.69) is 5.32 Å². The second-order valence-corrected chi connectivity index (χ2v) is 6.46. The highest BCUT2D eigenvalue weighted by atomic mass is 32.1. The molecule has 0 spiro atoms. The molecule has 126 valence electrons. The van der Waals surface area contributed by atoms with Gasteiger partial charge in [0.25, 0.3) is 0 Å². The van der Waals surface area contributed by atoms with Gasteiger partial charge >= 0.3 is 5.97 Å². The highest BCUT2D eigenvalue weighted by molar-refractivity contribution is 7.10. The molecule has 2 aromatic rings. The molecule has 0 aliphatic carbocycles. The molecule has 2 heterocycles. The number of thiophene rings is 1. The van der Waals surface area contributed by atoms with Crippen LogP contribution >= 0.6 is 11.3 Å². The Hall–Kier alpha value is -2.54. The van der Waals surface area contributed by atoms with E-state index >= 15 is 0 Å². The van der Waals surface area contributed by atoms with Gasteiger partial charge < -0.3 is 19.9 Å². The van der Waals surface area contributed by atoms with Gasteiger partial charge in [-0.25, -0.2) is 0 Å². The van der Waals surface area contributed by atoms with Crippen LogP contribution in [0.2, 0.25) is 0 Å². The van der Waals surface area contributed by atoms with Crippen molar-refractivity contribution in [3.8, 4) is 11.5 Å². The number of aliphatic carboxylic acids is 1. The molecular weight excluding hydrogens is 330 g/mol. The molecule has 24 heavy (non-hydrogen) atoms. The summed E-state index contributed by atoms with van der Waals surface area (Å²) in [5.41, 5.74) is 0.901. The van der Waals surface area contributed by atoms with Crippen molar-refractivity contribution in [1.29, 1.82) is 0 Å². The van der Waals surface area contributed by atoms with E-state index in [4.69, 9.17) is 14.6 Å². The van der Waals surface area contributed by atoms with Crippen LogP contribution in [-0.2, 0) is 16.1 Å². The summed E-state index contributed by atoms with van der Waals surface area (Å²) in [6.07, 6.45) is 0.0926. The molecule has 7 heteroatoms. The van der Waals surface area contributed by atoms with Crippen molar-refractivity contribution < 1.29 is 24.2 Å². The second kappa shape index (κ2) is 7.35. The molecule has 1 aromatic carbocycles. The summed E-state index contributed by atoms with van der Waals surface area (Å²) in [5, 5.41) is 13.8. The second-order valence-electron chi connectivity index (χ2n) is 5.48. The van der Waals surface area contributed by atoms with E-state index in [1.165, 1.54) is 11.3 Å². The van der Waals surface area contributed by atoms with Crippen LogP contribution in [0.5, 0.6) is 11.5 Å². The number of carboxylic acid groups (broad SMARTS) is 1. The predicted octanol–water partition coefficient (Wildman–Crippen LogP) is 2.74. The predicted molar refractivity (Wildman–Crippen MR) is 88.3 cm³/mol. The van der Waals surface area contributed by atoms with Gasteiger partial charge in [-0.2, -0.15) is 0 Å². The van der Waals surface area contributed by atoms with Gasteiger partial charge in [-0.15, -0.1) is 11.3 Å². The summed E-state index contributed by atoms with van der Waals surface area (Å²) in [7, 11) is 0. The molecular formula is C17H17NO5S. The fourth-order valence-corrected chi connectivity index (χ4v) is 3.39. The van der Waals surface area contributed by atoms with Crippen molar-refractivity contribution in [1.82, 2.24) is 5.32 Å². The Balaban J connectivity index is 1.57. The molecule has 0 fully saturated rings. The van der Waals surface area contributed by atoms with Crippen LogP contribution in [0.25, 0.3) is 0 Å². The lowest BCUT2D eigenvalue weighted by Crippen LogP contribution is -2.25. The number of carbonyl (C=O) groups excluding carboxylic acids is 1. The number of ether oxygens (including phenoxy) is 2. The molecule has 3 rings (SSSR count). The smallest absolute Gasteiger partial charge is 0.304 e. The number of hydrogen-bond donors (Lipinski definition) is 2. The minimum Gasteiger partial charge on any atom is -0.481 e. The fraction of sp³-hybridized carbons (Fsp3) is 0.294. The van der Waals surface area contributed by atoms with Gasteiger partial charge in [0, 0.05) is 23.8 Å². The Labute approximate surface area is 143 Å². The summed E-state index contributed by atoms with van der Waals surface area (Å²) < 4.78 is 10.6. The van der Waals surface area contributed by atoms with Gasteiger partial charge in [0.15, 0.2) is 11.5 Å². The van der Waals surface area contributed by atoms with Crippen LogP contribution < -0.4 is 14.8 Å². The average molecular weight is 347 g/mol. The summed E-state index contributed by atoms with van der Waals surface area (Å²) in [6.45, 7) is 0.572. The number of carboxylic acids is 1. The summed E-state index contributed by atoms with van der Waals surface area (Å²) in [6, 6.07) is 9.23. The third-order valence-corrected chi connectivity index (χ3v) is 4.76. The average Bonchev–Trinajstić information content (AvgIpc) is 3.22. The lowest BCUT2D eigenvalue weighted by molar-refractivity contribution is -0.137. The molecule has 0 saturated carbocycles. The van der Waals surface area contributed by atoms with Crippen molar-refractivity contribution in [3.63, 3.8) is 0 Å². The van der Waals surface area contributed by atoms with Crippen LogP contribution in [0, 0.1) is 0 Å². The van der Waals surface area contributed by atoms with E-state index < -0.39 is 5.97 Å². The first-order valence-corrected chi connectivity index (χ1v) is 8.40. The van der Waals surface area contributed by atoms with E-state index in [9.17, 15) is 9.59 Å². The number of benzene rings is 1. The molecule has 1 aliphatic rings. The standard InChI is InChI=1S/C17H17NO5S/c19-16(7-12(8-17(20)21)15-2-1-5-24-15)18-9-11-3-4-13-14(6-11)23-10-22-13/h1-6,12H,7-10H2,(H,18,19)(H,20,21). The molecule has 2 N–H and O–H groups in total. The number of hydrogen-bond acceptors (Lipinski definition) is 5. The summed E-state index contributed by atoms with van der Waals surface area (Å²) >= 11 is 1.47. The van der Waals surface area contributed by atoms with Crippen molar-refractivity contribution in [2.45, 2.75) is 25.3 Å². The molecule has 1 amide bonds.